The second-order valence-electron chi connectivity index (χ2n) is 6.15. The van der Waals surface area contributed by atoms with Crippen molar-refractivity contribution in [2.75, 3.05) is 27.4 Å². The van der Waals surface area contributed by atoms with E-state index < -0.39 is 10.0 Å². The second-order valence-corrected chi connectivity index (χ2v) is 8.06. The van der Waals surface area contributed by atoms with Crippen LogP contribution in [0.5, 0.6) is 5.75 Å². The number of aromatic nitrogens is 2. The predicted molar refractivity (Wildman–Crippen MR) is 93.1 cm³/mol. The Kier molecular flexibility index (Phi) is 5.12. The van der Waals surface area contributed by atoms with Crippen molar-refractivity contribution in [3.05, 3.63) is 41.7 Å². The second kappa shape index (κ2) is 7.15. The van der Waals surface area contributed by atoms with Crippen LogP contribution in [0.25, 0.3) is 0 Å². The molecule has 136 valence electrons. The van der Waals surface area contributed by atoms with E-state index in [1.54, 1.807) is 31.5 Å². The van der Waals surface area contributed by atoms with Gasteiger partial charge in [0.15, 0.2) is 0 Å². The number of hydrogen-bond donors (Lipinski definition) is 0. The molecular weight excluding hydrogens is 342 g/mol. The summed E-state index contributed by atoms with van der Waals surface area (Å²) in [6.07, 6.45) is 2.40. The summed E-state index contributed by atoms with van der Waals surface area (Å²) in [5, 5.41) is 4.34. The van der Waals surface area contributed by atoms with Crippen LogP contribution < -0.4 is 4.74 Å². The van der Waals surface area contributed by atoms with Crippen LogP contribution in [0.2, 0.25) is 0 Å². The Morgan fingerprint density at radius 2 is 2.08 bits per heavy atom. The van der Waals surface area contributed by atoms with Crippen LogP contribution in [0.1, 0.15) is 23.7 Å². The molecule has 0 fully saturated rings. The Labute approximate surface area is 148 Å². The maximum atomic E-state index is 13.2. The van der Waals surface area contributed by atoms with E-state index in [9.17, 15) is 8.42 Å². The molecular formula is C17H23N3O4S. The number of methoxy groups -OCH3 is 2. The molecule has 7 nitrogen and oxygen atoms in total. The molecule has 0 saturated carbocycles. The highest BCUT2D eigenvalue weighted by atomic mass is 32.2. The lowest BCUT2D eigenvalue weighted by Gasteiger charge is -2.33. The normalized spacial score (nSPS) is 18.1. The van der Waals surface area contributed by atoms with Gasteiger partial charge in [-0.3, -0.25) is 4.68 Å². The molecule has 1 atom stereocenters. The van der Waals surface area contributed by atoms with Crippen molar-refractivity contribution in [1.82, 2.24) is 14.1 Å². The summed E-state index contributed by atoms with van der Waals surface area (Å²) in [5.41, 5.74) is 1.83. The smallest absolute Gasteiger partial charge is 0.247 e. The zero-order valence-corrected chi connectivity index (χ0v) is 15.5. The molecule has 0 spiro atoms. The average Bonchev–Trinajstić information content (AvgIpc) is 3.07. The number of benzene rings is 1. The van der Waals surface area contributed by atoms with Gasteiger partial charge in [0.1, 0.15) is 10.6 Å². The summed E-state index contributed by atoms with van der Waals surface area (Å²) in [6.45, 7) is 3.10. The van der Waals surface area contributed by atoms with Gasteiger partial charge in [-0.2, -0.15) is 9.40 Å². The first-order valence-electron chi connectivity index (χ1n) is 8.13. The molecule has 1 unspecified atom stereocenters. The van der Waals surface area contributed by atoms with Gasteiger partial charge in [-0.25, -0.2) is 8.42 Å². The molecule has 2 aromatic rings. The molecule has 1 aromatic heterocycles. The minimum absolute atomic E-state index is 0.0510. The van der Waals surface area contributed by atoms with E-state index in [1.807, 2.05) is 17.7 Å². The van der Waals surface area contributed by atoms with Crippen molar-refractivity contribution in [2.45, 2.75) is 30.8 Å². The van der Waals surface area contributed by atoms with E-state index >= 15 is 0 Å². The number of rotatable bonds is 6. The number of nitrogens with zero attached hydrogens (tertiary/aromatic N) is 3. The first kappa shape index (κ1) is 17.9. The summed E-state index contributed by atoms with van der Waals surface area (Å²) in [5.74, 6) is 0.368. The Hall–Kier alpha value is -1.90. The van der Waals surface area contributed by atoms with E-state index in [4.69, 9.17) is 9.47 Å². The highest BCUT2D eigenvalue weighted by Gasteiger charge is 2.35. The molecule has 2 heterocycles. The zero-order valence-electron chi connectivity index (χ0n) is 14.7. The molecule has 25 heavy (non-hydrogen) atoms. The fourth-order valence-electron chi connectivity index (χ4n) is 3.13. The predicted octanol–water partition coefficient (Wildman–Crippen LogP) is 1.98. The van der Waals surface area contributed by atoms with Crippen LogP contribution >= 0.6 is 0 Å². The Balaban J connectivity index is 1.96. The summed E-state index contributed by atoms with van der Waals surface area (Å²) in [4.78, 5) is 0.194. The quantitative estimate of drug-likeness (QED) is 0.783. The van der Waals surface area contributed by atoms with Crippen molar-refractivity contribution >= 4 is 10.0 Å². The number of sulfonamides is 1. The number of hydrogen-bond acceptors (Lipinski definition) is 5. The minimum atomic E-state index is -3.67. The molecule has 0 amide bonds. The van der Waals surface area contributed by atoms with Crippen LogP contribution in [-0.4, -0.2) is 49.9 Å². The van der Waals surface area contributed by atoms with Crippen LogP contribution in [0, 0.1) is 6.92 Å². The fourth-order valence-corrected chi connectivity index (χ4v) is 4.72. The van der Waals surface area contributed by atoms with Crippen molar-refractivity contribution in [3.63, 3.8) is 0 Å². The fraction of sp³-hybridized carbons (Fsp3) is 0.471. The molecule has 0 radical (unpaired) electrons. The molecule has 0 saturated heterocycles. The van der Waals surface area contributed by atoms with Crippen molar-refractivity contribution < 1.29 is 17.9 Å². The van der Waals surface area contributed by atoms with Crippen LogP contribution in [0.3, 0.4) is 0 Å². The van der Waals surface area contributed by atoms with E-state index in [2.05, 4.69) is 5.10 Å². The highest BCUT2D eigenvalue weighted by Crippen LogP contribution is 2.32. The molecule has 8 heteroatoms. The van der Waals surface area contributed by atoms with Gasteiger partial charge in [0.05, 0.1) is 25.4 Å². The van der Waals surface area contributed by atoms with Gasteiger partial charge in [-0.1, -0.05) is 6.07 Å². The summed E-state index contributed by atoms with van der Waals surface area (Å²) >= 11 is 0. The lowest BCUT2D eigenvalue weighted by molar-refractivity contribution is 0.157. The average molecular weight is 365 g/mol. The maximum Gasteiger partial charge on any atom is 0.247 e. The van der Waals surface area contributed by atoms with Gasteiger partial charge < -0.3 is 9.47 Å². The van der Waals surface area contributed by atoms with Gasteiger partial charge in [0.2, 0.25) is 10.0 Å². The van der Waals surface area contributed by atoms with Crippen LogP contribution in [-0.2, 0) is 21.3 Å². The van der Waals surface area contributed by atoms with E-state index in [-0.39, 0.29) is 10.9 Å². The molecule has 1 aliphatic rings. The third-order valence-corrected chi connectivity index (χ3v) is 6.29. The van der Waals surface area contributed by atoms with Crippen LogP contribution in [0.15, 0.2) is 35.4 Å². The van der Waals surface area contributed by atoms with E-state index in [0.29, 0.717) is 31.9 Å². The summed E-state index contributed by atoms with van der Waals surface area (Å²) in [7, 11) is -0.550. The maximum absolute atomic E-state index is 13.2. The van der Waals surface area contributed by atoms with Gasteiger partial charge >= 0.3 is 0 Å². The molecule has 1 aromatic carbocycles. The lowest BCUT2D eigenvalue weighted by Crippen LogP contribution is -2.41. The third kappa shape index (κ3) is 3.42. The largest absolute Gasteiger partial charge is 0.495 e. The molecule has 1 aliphatic heterocycles. The topological polar surface area (TPSA) is 73.7 Å². The van der Waals surface area contributed by atoms with Gasteiger partial charge in [-0.05, 0) is 37.1 Å². The number of fused-ring (bicyclic) bond motifs is 1. The monoisotopic (exact) mass is 365 g/mol. The third-order valence-electron chi connectivity index (χ3n) is 4.44. The first-order valence-corrected chi connectivity index (χ1v) is 9.57. The molecule has 0 bridgehead atoms. The molecule has 0 N–H and O–H groups in total. The standard InChI is InChI=1S/C17H23N3O4S/c1-13-4-5-17(16(10-13)24-3)25(21,22)19-11-14-6-8-18-20(14)15(12-19)7-9-23-2/h4-6,8,10,15H,7,9,11-12H2,1-3H3. The Morgan fingerprint density at radius 3 is 2.80 bits per heavy atom. The Bertz CT molecular complexity index is 847. The zero-order chi connectivity index (χ0) is 18.0. The van der Waals surface area contributed by atoms with E-state index in [0.717, 1.165) is 11.3 Å². The van der Waals surface area contributed by atoms with Crippen molar-refractivity contribution in [2.24, 2.45) is 0 Å². The highest BCUT2D eigenvalue weighted by molar-refractivity contribution is 7.89. The minimum Gasteiger partial charge on any atom is -0.495 e. The lowest BCUT2D eigenvalue weighted by atomic mass is 10.1. The summed E-state index contributed by atoms with van der Waals surface area (Å²) in [6, 6.07) is 6.94. The molecule has 0 aliphatic carbocycles. The van der Waals surface area contributed by atoms with E-state index in [1.165, 1.54) is 11.4 Å². The number of aryl methyl sites for hydroxylation is 1. The molecule has 3 rings (SSSR count). The van der Waals surface area contributed by atoms with Gasteiger partial charge in [0, 0.05) is 26.5 Å². The van der Waals surface area contributed by atoms with Crippen LogP contribution in [0.4, 0.5) is 0 Å². The number of ether oxygens (including phenoxy) is 2. The van der Waals surface area contributed by atoms with Gasteiger partial charge in [-0.15, -0.1) is 0 Å². The van der Waals surface area contributed by atoms with Gasteiger partial charge in [0.25, 0.3) is 0 Å². The van der Waals surface area contributed by atoms with Crippen molar-refractivity contribution in [3.8, 4) is 5.75 Å². The summed E-state index contributed by atoms with van der Waals surface area (Å²) < 4.78 is 40.3. The first-order chi connectivity index (χ1) is 12.0. The SMILES string of the molecule is COCCC1CN(S(=O)(=O)c2ccc(C)cc2OC)Cc2ccnn21. The Morgan fingerprint density at radius 1 is 1.28 bits per heavy atom. The van der Waals surface area contributed by atoms with Crippen molar-refractivity contribution in [1.29, 1.82) is 0 Å².